The molecule has 3 N–H and O–H groups in total. The number of amides is 2. The lowest BCUT2D eigenvalue weighted by Gasteiger charge is -2.05. The molecule has 2 amide bonds. The van der Waals surface area contributed by atoms with E-state index in [-0.39, 0.29) is 5.82 Å². The summed E-state index contributed by atoms with van der Waals surface area (Å²) in [6.07, 6.45) is 3.48. The highest BCUT2D eigenvalue weighted by molar-refractivity contribution is 5.99. The van der Waals surface area contributed by atoms with Gasteiger partial charge in [-0.05, 0) is 23.8 Å². The number of halogens is 1. The first-order chi connectivity index (χ1) is 11.1. The number of nitrogens with two attached hydrogens (primary N) is 1. The second-order valence-electron chi connectivity index (χ2n) is 5.09. The van der Waals surface area contributed by atoms with Crippen molar-refractivity contribution in [2.24, 2.45) is 10.8 Å². The van der Waals surface area contributed by atoms with Crippen LogP contribution in [0, 0.1) is 5.82 Å². The molecule has 0 radical (unpaired) electrons. The van der Waals surface area contributed by atoms with Gasteiger partial charge in [-0.2, -0.15) is 5.10 Å². The number of carbonyl (C=O) groups is 1. The minimum atomic E-state index is -0.712. The van der Waals surface area contributed by atoms with Crippen LogP contribution in [0.1, 0.15) is 11.1 Å². The van der Waals surface area contributed by atoms with Gasteiger partial charge in [0.05, 0.1) is 6.21 Å². The Morgan fingerprint density at radius 1 is 1.22 bits per heavy atom. The Balaban J connectivity index is 1.95. The molecule has 0 unspecified atom stereocenters. The van der Waals surface area contributed by atoms with E-state index in [4.69, 9.17) is 5.73 Å². The van der Waals surface area contributed by atoms with Crippen LogP contribution >= 0.6 is 0 Å². The highest BCUT2D eigenvalue weighted by Crippen LogP contribution is 2.21. The van der Waals surface area contributed by atoms with Crippen LogP contribution in [0.2, 0.25) is 0 Å². The highest BCUT2D eigenvalue weighted by atomic mass is 19.1. The van der Waals surface area contributed by atoms with Gasteiger partial charge >= 0.3 is 6.03 Å². The van der Waals surface area contributed by atoms with Crippen LogP contribution in [0.25, 0.3) is 10.9 Å². The monoisotopic (exact) mass is 310 g/mol. The van der Waals surface area contributed by atoms with Crippen LogP contribution < -0.4 is 11.2 Å². The zero-order valence-electron chi connectivity index (χ0n) is 12.2. The third-order valence-electron chi connectivity index (χ3n) is 3.46. The van der Waals surface area contributed by atoms with Crippen LogP contribution in [-0.2, 0) is 6.54 Å². The minimum Gasteiger partial charge on any atom is -0.350 e. The van der Waals surface area contributed by atoms with Gasteiger partial charge in [0.1, 0.15) is 5.82 Å². The molecule has 0 aliphatic rings. The van der Waals surface area contributed by atoms with Crippen molar-refractivity contribution in [2.45, 2.75) is 6.54 Å². The maximum Gasteiger partial charge on any atom is 0.332 e. The number of carbonyl (C=O) groups excluding carboxylic acids is 1. The highest BCUT2D eigenvalue weighted by Gasteiger charge is 2.07. The number of primary amides is 1. The first-order valence-corrected chi connectivity index (χ1v) is 7.04. The fourth-order valence-corrected chi connectivity index (χ4v) is 2.46. The summed E-state index contributed by atoms with van der Waals surface area (Å²) in [6, 6.07) is 13.5. The lowest BCUT2D eigenvalue weighted by molar-refractivity contribution is 0.249. The van der Waals surface area contributed by atoms with Gasteiger partial charge in [-0.3, -0.25) is 0 Å². The second kappa shape index (κ2) is 6.31. The van der Waals surface area contributed by atoms with Crippen LogP contribution in [-0.4, -0.2) is 16.8 Å². The third kappa shape index (κ3) is 3.37. The molecule has 6 heteroatoms. The Morgan fingerprint density at radius 2 is 1.96 bits per heavy atom. The number of fused-ring (bicyclic) bond motifs is 1. The van der Waals surface area contributed by atoms with Crippen molar-refractivity contribution in [3.63, 3.8) is 0 Å². The standard InChI is InChI=1S/C17H15FN4O/c18-14-7-5-12(6-8-14)10-22-11-13(9-20-21-17(19)23)15-3-1-2-4-16(15)22/h1-9,11H,10H2,(H3,19,21,23)/b20-9-. The Bertz CT molecular complexity index is 868. The molecule has 0 fully saturated rings. The van der Waals surface area contributed by atoms with Gasteiger partial charge in [0.25, 0.3) is 0 Å². The molecule has 0 aliphatic carbocycles. The largest absolute Gasteiger partial charge is 0.350 e. The molecule has 0 aliphatic heterocycles. The van der Waals surface area contributed by atoms with Gasteiger partial charge in [0.2, 0.25) is 0 Å². The molecular weight excluding hydrogens is 295 g/mol. The van der Waals surface area contributed by atoms with Crippen LogP contribution in [0.4, 0.5) is 9.18 Å². The maximum absolute atomic E-state index is 13.0. The van der Waals surface area contributed by atoms with E-state index in [0.717, 1.165) is 22.0 Å². The van der Waals surface area contributed by atoms with Crippen molar-refractivity contribution < 1.29 is 9.18 Å². The minimum absolute atomic E-state index is 0.253. The summed E-state index contributed by atoms with van der Waals surface area (Å²) in [6.45, 7) is 0.609. The van der Waals surface area contributed by atoms with E-state index >= 15 is 0 Å². The lowest BCUT2D eigenvalue weighted by atomic mass is 10.2. The Morgan fingerprint density at radius 3 is 2.70 bits per heavy atom. The number of hydrazone groups is 1. The zero-order valence-corrected chi connectivity index (χ0v) is 12.2. The van der Waals surface area contributed by atoms with Crippen molar-refractivity contribution >= 4 is 23.1 Å². The van der Waals surface area contributed by atoms with Gasteiger partial charge in [-0.15, -0.1) is 0 Å². The number of nitrogens with one attached hydrogen (secondary N) is 1. The summed E-state index contributed by atoms with van der Waals surface area (Å²) >= 11 is 0. The zero-order chi connectivity index (χ0) is 16.2. The molecule has 2 aromatic carbocycles. The number of rotatable bonds is 4. The summed E-state index contributed by atoms with van der Waals surface area (Å²) in [4.78, 5) is 10.7. The van der Waals surface area contributed by atoms with E-state index in [1.54, 1.807) is 18.3 Å². The molecule has 1 heterocycles. The Labute approximate surface area is 132 Å². The van der Waals surface area contributed by atoms with Gasteiger partial charge < -0.3 is 10.3 Å². The van der Waals surface area contributed by atoms with Crippen LogP contribution in [0.3, 0.4) is 0 Å². The third-order valence-corrected chi connectivity index (χ3v) is 3.46. The molecule has 3 rings (SSSR count). The van der Waals surface area contributed by atoms with Crippen LogP contribution in [0.5, 0.6) is 0 Å². The number of aromatic nitrogens is 1. The summed E-state index contributed by atoms with van der Waals surface area (Å²) in [7, 11) is 0. The molecule has 0 bridgehead atoms. The van der Waals surface area contributed by atoms with E-state index in [1.165, 1.54) is 12.1 Å². The average Bonchev–Trinajstić information content (AvgIpc) is 2.88. The molecule has 23 heavy (non-hydrogen) atoms. The van der Waals surface area contributed by atoms with Crippen molar-refractivity contribution in [3.05, 3.63) is 71.7 Å². The first kappa shape index (κ1) is 14.8. The van der Waals surface area contributed by atoms with Gasteiger partial charge in [0, 0.05) is 29.2 Å². The summed E-state index contributed by atoms with van der Waals surface area (Å²) < 4.78 is 15.1. The second-order valence-corrected chi connectivity index (χ2v) is 5.09. The molecule has 5 nitrogen and oxygen atoms in total. The summed E-state index contributed by atoms with van der Waals surface area (Å²) in [5.74, 6) is -0.253. The maximum atomic E-state index is 13.0. The smallest absolute Gasteiger partial charge is 0.332 e. The Hall–Kier alpha value is -3.15. The normalized spacial score (nSPS) is 11.2. The number of hydrogen-bond acceptors (Lipinski definition) is 2. The number of benzene rings is 2. The topological polar surface area (TPSA) is 72.4 Å². The molecule has 0 saturated carbocycles. The molecule has 3 aromatic rings. The number of hydrogen-bond donors (Lipinski definition) is 2. The molecular formula is C17H15FN4O. The summed E-state index contributed by atoms with van der Waals surface area (Å²) in [5, 5.41) is 4.82. The van der Waals surface area contributed by atoms with E-state index < -0.39 is 6.03 Å². The van der Waals surface area contributed by atoms with E-state index in [0.29, 0.717) is 6.54 Å². The number of para-hydroxylation sites is 1. The van der Waals surface area contributed by atoms with Gasteiger partial charge in [-0.25, -0.2) is 14.6 Å². The molecule has 0 atom stereocenters. The van der Waals surface area contributed by atoms with E-state index in [1.807, 2.05) is 35.0 Å². The van der Waals surface area contributed by atoms with E-state index in [9.17, 15) is 9.18 Å². The van der Waals surface area contributed by atoms with E-state index in [2.05, 4.69) is 10.5 Å². The van der Waals surface area contributed by atoms with Gasteiger partial charge in [-0.1, -0.05) is 30.3 Å². The fraction of sp³-hybridized carbons (Fsp3) is 0.0588. The van der Waals surface area contributed by atoms with Crippen LogP contribution in [0.15, 0.2) is 59.8 Å². The van der Waals surface area contributed by atoms with Crippen molar-refractivity contribution in [3.8, 4) is 0 Å². The predicted molar refractivity (Wildman–Crippen MR) is 87.8 cm³/mol. The molecule has 116 valence electrons. The van der Waals surface area contributed by atoms with Crippen molar-refractivity contribution in [1.29, 1.82) is 0 Å². The average molecular weight is 310 g/mol. The molecule has 0 saturated heterocycles. The quantitative estimate of drug-likeness (QED) is 0.564. The fourth-order valence-electron chi connectivity index (χ4n) is 2.46. The molecule has 0 spiro atoms. The Kier molecular flexibility index (Phi) is 4.05. The predicted octanol–water partition coefficient (Wildman–Crippen LogP) is 2.83. The number of urea groups is 1. The van der Waals surface area contributed by atoms with Gasteiger partial charge in [0.15, 0.2) is 0 Å². The van der Waals surface area contributed by atoms with Crippen molar-refractivity contribution in [2.75, 3.05) is 0 Å². The first-order valence-electron chi connectivity index (χ1n) is 7.04. The lowest BCUT2D eigenvalue weighted by Crippen LogP contribution is -2.24. The molecule has 1 aromatic heterocycles. The van der Waals surface area contributed by atoms with Crippen molar-refractivity contribution in [1.82, 2.24) is 9.99 Å². The number of nitrogens with zero attached hydrogens (tertiary/aromatic N) is 2. The SMILES string of the molecule is NC(=O)N/N=C\c1cn(Cc2ccc(F)cc2)c2ccccc12. The summed E-state index contributed by atoms with van der Waals surface area (Å²) in [5.41, 5.74) is 10.0.